The van der Waals surface area contributed by atoms with E-state index >= 15 is 0 Å². The largest absolute Gasteiger partial charge is 0.493 e. The highest BCUT2D eigenvalue weighted by atomic mass is 16.5. The Kier molecular flexibility index (Phi) is 5.68. The average molecular weight is 279 g/mol. The second kappa shape index (κ2) is 7.50. The molecule has 1 aliphatic rings. The minimum absolute atomic E-state index is 0.129. The molecule has 0 aromatic heterocycles. The summed E-state index contributed by atoms with van der Waals surface area (Å²) in [5, 5.41) is 0. The van der Waals surface area contributed by atoms with Crippen LogP contribution >= 0.6 is 0 Å². The zero-order valence-corrected chi connectivity index (χ0v) is 12.4. The van der Waals surface area contributed by atoms with Crippen LogP contribution in [0.5, 0.6) is 11.5 Å². The van der Waals surface area contributed by atoms with Crippen molar-refractivity contribution >= 4 is 0 Å². The third kappa shape index (κ3) is 3.87. The van der Waals surface area contributed by atoms with Gasteiger partial charge in [0.25, 0.3) is 0 Å². The molecule has 1 aromatic carbocycles. The molecule has 112 valence electrons. The summed E-state index contributed by atoms with van der Waals surface area (Å²) in [6, 6.07) is 5.62. The molecule has 1 aliphatic carbocycles. The Morgan fingerprint density at radius 2 is 1.95 bits per heavy atom. The van der Waals surface area contributed by atoms with Gasteiger partial charge < -0.3 is 19.9 Å². The van der Waals surface area contributed by atoms with Crippen LogP contribution in [0.25, 0.3) is 0 Å². The van der Waals surface area contributed by atoms with Crippen LogP contribution in [0, 0.1) is 5.92 Å². The number of ether oxygens (including phenoxy) is 3. The third-order valence-corrected chi connectivity index (χ3v) is 4.03. The summed E-state index contributed by atoms with van der Waals surface area (Å²) in [4.78, 5) is 0. The summed E-state index contributed by atoms with van der Waals surface area (Å²) >= 11 is 0. The quantitative estimate of drug-likeness (QED) is 0.743. The molecule has 2 N–H and O–H groups in total. The fraction of sp³-hybridized carbons (Fsp3) is 0.625. The smallest absolute Gasteiger partial charge is 0.161 e. The lowest BCUT2D eigenvalue weighted by molar-refractivity contribution is 0.0961. The van der Waals surface area contributed by atoms with Crippen LogP contribution in [-0.2, 0) is 4.74 Å². The SMILES string of the molecule is COc1ccc(C(N)COCCC2CCC2)cc1OC. The van der Waals surface area contributed by atoms with Gasteiger partial charge in [-0.2, -0.15) is 0 Å². The highest BCUT2D eigenvalue weighted by Crippen LogP contribution is 2.30. The average Bonchev–Trinajstić information content (AvgIpc) is 2.44. The van der Waals surface area contributed by atoms with Crippen molar-refractivity contribution in [3.8, 4) is 11.5 Å². The van der Waals surface area contributed by atoms with Crippen LogP contribution < -0.4 is 15.2 Å². The maximum absolute atomic E-state index is 6.15. The Labute approximate surface area is 121 Å². The Morgan fingerprint density at radius 3 is 2.55 bits per heavy atom. The molecule has 0 spiro atoms. The fourth-order valence-corrected chi connectivity index (χ4v) is 2.42. The molecule has 4 heteroatoms. The van der Waals surface area contributed by atoms with Gasteiger partial charge in [-0.3, -0.25) is 0 Å². The zero-order chi connectivity index (χ0) is 14.4. The Balaban J connectivity index is 1.80. The maximum atomic E-state index is 6.15. The molecule has 0 aliphatic heterocycles. The molecule has 1 atom stereocenters. The standard InChI is InChI=1S/C16H25NO3/c1-18-15-7-6-13(10-16(15)19-2)14(17)11-20-9-8-12-4-3-5-12/h6-7,10,12,14H,3-5,8-9,11,17H2,1-2H3. The summed E-state index contributed by atoms with van der Waals surface area (Å²) in [6.45, 7) is 1.36. The highest BCUT2D eigenvalue weighted by Gasteiger charge is 2.17. The number of nitrogens with two attached hydrogens (primary N) is 1. The van der Waals surface area contributed by atoms with Gasteiger partial charge in [0, 0.05) is 6.61 Å². The topological polar surface area (TPSA) is 53.7 Å². The zero-order valence-electron chi connectivity index (χ0n) is 12.4. The van der Waals surface area contributed by atoms with Gasteiger partial charge in [-0.1, -0.05) is 25.3 Å². The van der Waals surface area contributed by atoms with Crippen LogP contribution in [0.1, 0.15) is 37.3 Å². The summed E-state index contributed by atoms with van der Waals surface area (Å²) in [7, 11) is 3.25. The van der Waals surface area contributed by atoms with E-state index in [4.69, 9.17) is 19.9 Å². The third-order valence-electron chi connectivity index (χ3n) is 4.03. The van der Waals surface area contributed by atoms with Gasteiger partial charge in [-0.05, 0) is 30.0 Å². The Morgan fingerprint density at radius 1 is 1.20 bits per heavy atom. The van der Waals surface area contributed by atoms with Crippen molar-refractivity contribution in [3.63, 3.8) is 0 Å². The van der Waals surface area contributed by atoms with E-state index in [2.05, 4.69) is 0 Å². The van der Waals surface area contributed by atoms with Gasteiger partial charge in [0.2, 0.25) is 0 Å². The normalized spacial score (nSPS) is 16.6. The first-order valence-corrected chi connectivity index (χ1v) is 7.30. The molecule has 0 saturated heterocycles. The fourth-order valence-electron chi connectivity index (χ4n) is 2.42. The summed E-state index contributed by atoms with van der Waals surface area (Å²) < 4.78 is 16.2. The van der Waals surface area contributed by atoms with E-state index in [0.717, 1.165) is 18.1 Å². The molecule has 4 nitrogen and oxygen atoms in total. The lowest BCUT2D eigenvalue weighted by Crippen LogP contribution is -2.19. The number of rotatable bonds is 8. The predicted octanol–water partition coefficient (Wildman–Crippen LogP) is 2.91. The van der Waals surface area contributed by atoms with Gasteiger partial charge in [0.15, 0.2) is 11.5 Å². The van der Waals surface area contributed by atoms with E-state index in [1.54, 1.807) is 14.2 Å². The van der Waals surface area contributed by atoms with Crippen LogP contribution in [0.15, 0.2) is 18.2 Å². The van der Waals surface area contributed by atoms with Gasteiger partial charge in [0.1, 0.15) is 0 Å². The molecule has 0 amide bonds. The first-order valence-electron chi connectivity index (χ1n) is 7.30. The second-order valence-corrected chi connectivity index (χ2v) is 5.38. The van der Waals surface area contributed by atoms with E-state index in [9.17, 15) is 0 Å². The Hall–Kier alpha value is -1.26. The molecular weight excluding hydrogens is 254 g/mol. The number of hydrogen-bond acceptors (Lipinski definition) is 4. The molecular formula is C16H25NO3. The summed E-state index contributed by atoms with van der Waals surface area (Å²) in [5.74, 6) is 2.30. The van der Waals surface area contributed by atoms with Crippen LogP contribution in [0.3, 0.4) is 0 Å². The number of methoxy groups -OCH3 is 2. The van der Waals surface area contributed by atoms with Crippen LogP contribution in [-0.4, -0.2) is 27.4 Å². The van der Waals surface area contributed by atoms with Crippen molar-refractivity contribution in [3.05, 3.63) is 23.8 Å². The van der Waals surface area contributed by atoms with Crippen molar-refractivity contribution in [2.24, 2.45) is 11.7 Å². The summed E-state index contributed by atoms with van der Waals surface area (Å²) in [6.07, 6.45) is 5.28. The van der Waals surface area contributed by atoms with E-state index in [1.807, 2.05) is 18.2 Å². The first kappa shape index (κ1) is 15.1. The lowest BCUT2D eigenvalue weighted by atomic mass is 9.83. The molecule has 0 bridgehead atoms. The van der Waals surface area contributed by atoms with Crippen molar-refractivity contribution in [1.82, 2.24) is 0 Å². The molecule has 20 heavy (non-hydrogen) atoms. The molecule has 0 heterocycles. The molecule has 1 fully saturated rings. The van der Waals surface area contributed by atoms with E-state index in [-0.39, 0.29) is 6.04 Å². The molecule has 0 radical (unpaired) electrons. The maximum Gasteiger partial charge on any atom is 0.161 e. The summed E-state index contributed by atoms with van der Waals surface area (Å²) in [5.41, 5.74) is 7.16. The van der Waals surface area contributed by atoms with Crippen molar-refractivity contribution < 1.29 is 14.2 Å². The second-order valence-electron chi connectivity index (χ2n) is 5.38. The minimum atomic E-state index is -0.129. The predicted molar refractivity (Wildman–Crippen MR) is 79.3 cm³/mol. The van der Waals surface area contributed by atoms with Gasteiger partial charge >= 0.3 is 0 Å². The van der Waals surface area contributed by atoms with Crippen LogP contribution in [0.4, 0.5) is 0 Å². The van der Waals surface area contributed by atoms with Crippen molar-refractivity contribution in [2.75, 3.05) is 27.4 Å². The highest BCUT2D eigenvalue weighted by molar-refractivity contribution is 5.43. The van der Waals surface area contributed by atoms with Crippen molar-refractivity contribution in [2.45, 2.75) is 31.7 Å². The van der Waals surface area contributed by atoms with E-state index in [0.29, 0.717) is 18.1 Å². The van der Waals surface area contributed by atoms with Gasteiger partial charge in [-0.15, -0.1) is 0 Å². The number of benzene rings is 1. The van der Waals surface area contributed by atoms with Crippen LogP contribution in [0.2, 0.25) is 0 Å². The first-order chi connectivity index (χ1) is 9.74. The lowest BCUT2D eigenvalue weighted by Gasteiger charge is -2.25. The van der Waals surface area contributed by atoms with Gasteiger partial charge in [0.05, 0.1) is 26.9 Å². The number of hydrogen-bond donors (Lipinski definition) is 1. The minimum Gasteiger partial charge on any atom is -0.493 e. The Bertz CT molecular complexity index is 418. The molecule has 2 rings (SSSR count). The molecule has 1 saturated carbocycles. The van der Waals surface area contributed by atoms with Crippen molar-refractivity contribution in [1.29, 1.82) is 0 Å². The van der Waals surface area contributed by atoms with Gasteiger partial charge in [-0.25, -0.2) is 0 Å². The molecule has 1 aromatic rings. The van der Waals surface area contributed by atoms with E-state index < -0.39 is 0 Å². The van der Waals surface area contributed by atoms with E-state index in [1.165, 1.54) is 25.7 Å². The monoisotopic (exact) mass is 279 g/mol. The molecule has 1 unspecified atom stereocenters.